The van der Waals surface area contributed by atoms with E-state index in [2.05, 4.69) is 15.9 Å². The molecule has 2 fully saturated rings. The molecule has 296 valence electrons. The minimum Gasteiger partial charge on any atom is -0.481 e. The van der Waals surface area contributed by atoms with Gasteiger partial charge in [0.25, 0.3) is 5.91 Å². The maximum absolute atomic E-state index is 13.8. The van der Waals surface area contributed by atoms with Crippen molar-refractivity contribution in [1.29, 1.82) is 5.26 Å². The van der Waals surface area contributed by atoms with Crippen molar-refractivity contribution >= 4 is 63.7 Å². The van der Waals surface area contributed by atoms with E-state index < -0.39 is 36.4 Å². The van der Waals surface area contributed by atoms with Gasteiger partial charge in [-0.2, -0.15) is 5.26 Å². The van der Waals surface area contributed by atoms with Gasteiger partial charge in [0, 0.05) is 57.2 Å². The number of nitrogens with zero attached hydrogens (tertiary/aromatic N) is 4. The number of nitriles is 1. The van der Waals surface area contributed by atoms with Gasteiger partial charge in [0.05, 0.1) is 34.5 Å². The molecule has 3 aromatic rings. The van der Waals surface area contributed by atoms with Crippen molar-refractivity contribution in [2.24, 2.45) is 0 Å². The van der Waals surface area contributed by atoms with Crippen molar-refractivity contribution < 1.29 is 49.9 Å². The quantitative estimate of drug-likeness (QED) is 0.186. The molecular formula is C39H46Cl2N4O10. The number of carboxylic acids is 3. The molecule has 55 heavy (non-hydrogen) atoms. The van der Waals surface area contributed by atoms with Crippen molar-refractivity contribution in [1.82, 2.24) is 14.7 Å². The Morgan fingerprint density at radius 3 is 2.18 bits per heavy atom. The molecule has 2 heterocycles. The summed E-state index contributed by atoms with van der Waals surface area (Å²) in [5.41, 5.74) is -0.693. The first-order valence-corrected chi connectivity index (χ1v) is 18.4. The number of carboxylic acid groups (broad SMARTS) is 3. The Balaban J connectivity index is 0.000000499. The number of amides is 2. The average Bonchev–Trinajstić information content (AvgIpc) is 3.13. The highest BCUT2D eigenvalue weighted by molar-refractivity contribution is 6.42. The number of carbonyl (C=O) groups excluding carboxylic acids is 2. The van der Waals surface area contributed by atoms with Gasteiger partial charge in [0.1, 0.15) is 0 Å². The number of carbonyl (C=O) groups is 5. The summed E-state index contributed by atoms with van der Waals surface area (Å²) < 4.78 is 0. The molecule has 0 unspecified atom stereocenters. The van der Waals surface area contributed by atoms with Gasteiger partial charge < -0.3 is 40.6 Å². The lowest BCUT2D eigenvalue weighted by Crippen LogP contribution is -2.49. The highest BCUT2D eigenvalue weighted by Gasteiger charge is 2.41. The number of aliphatic carboxylic acids is 3. The minimum absolute atomic E-state index is 0. The lowest BCUT2D eigenvalue weighted by Gasteiger charge is -2.40. The Morgan fingerprint density at radius 2 is 1.60 bits per heavy atom. The molecule has 16 heteroatoms. The second kappa shape index (κ2) is 20.2. The molecule has 1 atom stereocenters. The largest absolute Gasteiger partial charge is 0.481 e. The fraction of sp³-hybridized carbons (Fsp3) is 0.436. The number of rotatable bonds is 13. The van der Waals surface area contributed by atoms with E-state index in [4.69, 9.17) is 43.6 Å². The minimum atomic E-state index is -2.74. The van der Waals surface area contributed by atoms with Gasteiger partial charge in [-0.05, 0) is 79.3 Å². The predicted molar refractivity (Wildman–Crippen MR) is 205 cm³/mol. The maximum Gasteiger partial charge on any atom is 0.336 e. The van der Waals surface area contributed by atoms with E-state index in [-0.39, 0.29) is 17.3 Å². The van der Waals surface area contributed by atoms with Gasteiger partial charge in [-0.15, -0.1) is 0 Å². The Morgan fingerprint density at radius 1 is 0.945 bits per heavy atom. The molecule has 0 aliphatic carbocycles. The third-order valence-corrected chi connectivity index (χ3v) is 10.7. The van der Waals surface area contributed by atoms with Crippen molar-refractivity contribution in [3.05, 3.63) is 81.3 Å². The fourth-order valence-corrected chi connectivity index (χ4v) is 7.33. The topological polar surface area (TPSA) is 231 Å². The SMILES string of the molecule is CN(C[C@@H](CCN1CCC(N2CCCCC2=O)CC1)c1ccc(Cl)c(Cl)c1)C(=O)c1cc(C#N)cc2ccccc12.O.O=C(O)CC(O)(CC(=O)O)C(=O)O. The summed E-state index contributed by atoms with van der Waals surface area (Å²) in [7, 11) is 1.82. The summed E-state index contributed by atoms with van der Waals surface area (Å²) >= 11 is 12.6. The molecule has 2 aliphatic heterocycles. The number of aliphatic hydroxyl groups is 1. The Labute approximate surface area is 328 Å². The first-order valence-electron chi connectivity index (χ1n) is 17.7. The van der Waals surface area contributed by atoms with Crippen LogP contribution in [0.5, 0.6) is 0 Å². The highest BCUT2D eigenvalue weighted by Crippen LogP contribution is 2.31. The molecule has 0 radical (unpaired) electrons. The van der Waals surface area contributed by atoms with E-state index in [1.807, 2.05) is 55.6 Å². The monoisotopic (exact) mass is 800 g/mol. The number of likely N-dealkylation sites (N-methyl/N-ethyl adjacent to an activating group) is 1. The van der Waals surface area contributed by atoms with Crippen molar-refractivity contribution in [2.45, 2.75) is 68.9 Å². The molecule has 0 bridgehead atoms. The standard InChI is InChI=1S/C33H36Cl2N4O2.C6H8O7.H2O/c1-37(33(41)29-19-23(21-36)18-25-6-2-3-7-28(25)29)22-26(24-9-10-30(34)31(35)20-24)11-15-38-16-12-27(13-17-38)39-14-5-4-8-32(39)40;7-3(8)1-6(13,5(11)12)2-4(9)10;/h2-3,6-7,9-10,18-20,26-27H,4-5,8,11-17,22H2,1H3;13H,1-2H2,(H,7,8)(H,9,10)(H,11,12);1H2/t26-;;/m1../s1. The number of halogens is 2. The molecule has 0 spiro atoms. The number of fused-ring (bicyclic) bond motifs is 1. The highest BCUT2D eigenvalue weighted by atomic mass is 35.5. The molecule has 5 rings (SSSR count). The van der Waals surface area contributed by atoms with Crippen molar-refractivity contribution in [2.75, 3.05) is 39.8 Å². The number of hydrogen-bond donors (Lipinski definition) is 4. The third kappa shape index (κ3) is 12.1. The summed E-state index contributed by atoms with van der Waals surface area (Å²) in [6, 6.07) is 19.4. The summed E-state index contributed by atoms with van der Waals surface area (Å²) in [6.07, 6.45) is 3.38. The number of piperidine rings is 2. The molecule has 2 amide bonds. The van der Waals surface area contributed by atoms with Crippen LogP contribution < -0.4 is 0 Å². The lowest BCUT2D eigenvalue weighted by atomic mass is 9.93. The number of likely N-dealkylation sites (tertiary alicyclic amines) is 2. The van der Waals surface area contributed by atoms with Crippen LogP contribution in [0, 0.1) is 11.3 Å². The zero-order valence-corrected chi connectivity index (χ0v) is 31.9. The summed E-state index contributed by atoms with van der Waals surface area (Å²) in [5.74, 6) is -4.77. The fourth-order valence-electron chi connectivity index (χ4n) is 7.02. The normalized spacial score (nSPS) is 15.5. The van der Waals surface area contributed by atoms with Gasteiger partial charge in [0.15, 0.2) is 5.60 Å². The van der Waals surface area contributed by atoms with Crippen LogP contribution in [-0.2, 0) is 19.2 Å². The van der Waals surface area contributed by atoms with Crippen LogP contribution in [-0.4, -0.2) is 122 Å². The average molecular weight is 802 g/mol. The summed E-state index contributed by atoms with van der Waals surface area (Å²) in [4.78, 5) is 63.0. The van der Waals surface area contributed by atoms with Gasteiger partial charge in [0.2, 0.25) is 5.91 Å². The Bertz CT molecular complexity index is 1890. The second-order valence-electron chi connectivity index (χ2n) is 13.8. The molecule has 2 aliphatic rings. The van der Waals surface area contributed by atoms with Crippen LogP contribution in [0.2, 0.25) is 10.0 Å². The molecule has 3 aromatic carbocycles. The molecule has 0 aromatic heterocycles. The van der Waals surface area contributed by atoms with Gasteiger partial charge in [-0.25, -0.2) is 4.79 Å². The van der Waals surface area contributed by atoms with E-state index in [1.165, 1.54) is 0 Å². The van der Waals surface area contributed by atoms with Crippen LogP contribution in [0.4, 0.5) is 0 Å². The third-order valence-electron chi connectivity index (χ3n) is 9.91. The zero-order chi connectivity index (χ0) is 39.6. The Kier molecular flexibility index (Phi) is 16.4. The van der Waals surface area contributed by atoms with Gasteiger partial charge in [-0.1, -0.05) is 53.5 Å². The zero-order valence-electron chi connectivity index (χ0n) is 30.4. The maximum atomic E-state index is 13.8. The van der Waals surface area contributed by atoms with Crippen LogP contribution in [0.1, 0.15) is 78.8 Å². The van der Waals surface area contributed by atoms with Gasteiger partial charge >= 0.3 is 17.9 Å². The van der Waals surface area contributed by atoms with Crippen LogP contribution in [0.25, 0.3) is 10.8 Å². The van der Waals surface area contributed by atoms with Crippen molar-refractivity contribution in [3.8, 4) is 6.07 Å². The predicted octanol–water partition coefficient (Wildman–Crippen LogP) is 4.67. The molecule has 0 saturated carbocycles. The smallest absolute Gasteiger partial charge is 0.336 e. The summed E-state index contributed by atoms with van der Waals surface area (Å²) in [5, 5.41) is 46.1. The lowest BCUT2D eigenvalue weighted by molar-refractivity contribution is -0.170. The first-order chi connectivity index (χ1) is 25.6. The van der Waals surface area contributed by atoms with E-state index >= 15 is 0 Å². The Hall–Kier alpha value is -4.78. The van der Waals surface area contributed by atoms with Gasteiger partial charge in [-0.3, -0.25) is 19.2 Å². The van der Waals surface area contributed by atoms with E-state index in [9.17, 15) is 29.2 Å². The van der Waals surface area contributed by atoms with Crippen LogP contribution in [0.3, 0.4) is 0 Å². The molecular weight excluding hydrogens is 755 g/mol. The molecule has 6 N–H and O–H groups in total. The van der Waals surface area contributed by atoms with E-state index in [0.717, 1.165) is 74.6 Å². The molecule has 14 nitrogen and oxygen atoms in total. The second-order valence-corrected chi connectivity index (χ2v) is 14.6. The number of benzene rings is 3. The summed E-state index contributed by atoms with van der Waals surface area (Å²) in [6.45, 7) is 4.21. The van der Waals surface area contributed by atoms with E-state index in [0.29, 0.717) is 46.1 Å². The van der Waals surface area contributed by atoms with Crippen LogP contribution >= 0.6 is 23.2 Å². The molecule has 2 saturated heterocycles. The van der Waals surface area contributed by atoms with Crippen molar-refractivity contribution in [3.63, 3.8) is 0 Å². The first kappa shape index (κ1) is 44.6. The van der Waals surface area contributed by atoms with Crippen LogP contribution in [0.15, 0.2) is 54.6 Å². The number of hydrogen-bond acceptors (Lipinski definition) is 8. The van der Waals surface area contributed by atoms with E-state index in [1.54, 1.807) is 11.0 Å².